The molecule has 0 radical (unpaired) electrons. The Morgan fingerprint density at radius 3 is 2.49 bits per heavy atom. The van der Waals surface area contributed by atoms with Crippen LogP contribution in [0.3, 0.4) is 0 Å². The lowest BCUT2D eigenvalue weighted by Gasteiger charge is -2.33. The number of carbonyl (C=O) groups excluding carboxylic acids is 1. The number of benzene rings is 2. The number of nitrogens with zero attached hydrogens (tertiary/aromatic N) is 4. The van der Waals surface area contributed by atoms with Crippen molar-refractivity contribution in [1.29, 1.82) is 0 Å². The average Bonchev–Trinajstić information content (AvgIpc) is 3.37. The Bertz CT molecular complexity index is 1780. The van der Waals surface area contributed by atoms with Crippen molar-refractivity contribution < 1.29 is 22.7 Å². The van der Waals surface area contributed by atoms with Gasteiger partial charge < -0.3 is 9.64 Å². The van der Waals surface area contributed by atoms with E-state index in [4.69, 9.17) is 16.6 Å². The molecule has 6 nitrogen and oxygen atoms in total. The Kier molecular flexibility index (Phi) is 8.01. The number of ether oxygens (including phenoxy) is 1. The van der Waals surface area contributed by atoms with Crippen molar-refractivity contribution in [3.8, 4) is 5.75 Å². The quantitative estimate of drug-likeness (QED) is 0.167. The van der Waals surface area contributed by atoms with Crippen LogP contribution in [0.15, 0.2) is 72.9 Å². The first kappa shape index (κ1) is 29.0. The summed E-state index contributed by atoms with van der Waals surface area (Å²) in [5, 5.41) is 1.57. The number of carbonyl (C=O) groups is 1. The molecule has 0 atom stereocenters. The molecule has 1 fully saturated rings. The van der Waals surface area contributed by atoms with E-state index in [1.54, 1.807) is 28.8 Å². The Morgan fingerprint density at radius 1 is 1.00 bits per heavy atom. The summed E-state index contributed by atoms with van der Waals surface area (Å²) in [7, 11) is 0. The second-order valence-electron chi connectivity index (χ2n) is 10.8. The van der Waals surface area contributed by atoms with Crippen LogP contribution in [0.25, 0.3) is 16.6 Å². The van der Waals surface area contributed by atoms with E-state index in [-0.39, 0.29) is 17.5 Å². The number of halogens is 4. The zero-order valence-corrected chi connectivity index (χ0v) is 24.3. The number of ketones is 1. The van der Waals surface area contributed by atoms with Gasteiger partial charge in [-0.2, -0.15) is 0 Å². The molecule has 1 aliphatic rings. The fourth-order valence-electron chi connectivity index (χ4n) is 5.86. The zero-order chi connectivity index (χ0) is 30.1. The molecule has 0 bridgehead atoms. The number of fused-ring (bicyclic) bond motifs is 2. The summed E-state index contributed by atoms with van der Waals surface area (Å²) in [5.74, 6) is 1.01. The van der Waals surface area contributed by atoms with Crippen molar-refractivity contribution in [2.45, 2.75) is 51.3 Å². The van der Waals surface area contributed by atoms with Gasteiger partial charge in [0.1, 0.15) is 22.9 Å². The summed E-state index contributed by atoms with van der Waals surface area (Å²) in [6, 6.07) is 20.0. The lowest BCUT2D eigenvalue weighted by atomic mass is 9.89. The molecule has 10 heteroatoms. The SMILES string of the molecule is CCc1nc2ccc(Cl)cn2c1C(=O)CCc1ccc2nc(N3CCC(c4ccc(OC(F)(F)F)cc4)CC3)ccc2c1. The van der Waals surface area contributed by atoms with Gasteiger partial charge in [-0.05, 0) is 91.3 Å². The number of Topliss-reactive ketones (excluding diaryl/α,β-unsaturated/α-hetero) is 1. The van der Waals surface area contributed by atoms with Gasteiger partial charge in [0.05, 0.1) is 16.2 Å². The van der Waals surface area contributed by atoms with Gasteiger partial charge in [-0.3, -0.25) is 9.20 Å². The van der Waals surface area contributed by atoms with Gasteiger partial charge in [-0.1, -0.05) is 36.7 Å². The molecule has 0 N–H and O–H groups in total. The van der Waals surface area contributed by atoms with Crippen molar-refractivity contribution >= 4 is 39.8 Å². The number of hydrogen-bond donors (Lipinski definition) is 0. The van der Waals surface area contributed by atoms with E-state index in [1.807, 2.05) is 31.2 Å². The van der Waals surface area contributed by atoms with Crippen LogP contribution in [-0.4, -0.2) is 39.6 Å². The molecular formula is C33H30ClF3N4O2. The van der Waals surface area contributed by atoms with Crippen LogP contribution < -0.4 is 9.64 Å². The van der Waals surface area contributed by atoms with Gasteiger partial charge in [-0.15, -0.1) is 13.2 Å². The summed E-state index contributed by atoms with van der Waals surface area (Å²) < 4.78 is 43.1. The maximum atomic E-state index is 13.3. The minimum absolute atomic E-state index is 0.0363. The van der Waals surface area contributed by atoms with Crippen molar-refractivity contribution in [2.24, 2.45) is 0 Å². The molecule has 0 saturated carbocycles. The third-order valence-corrected chi connectivity index (χ3v) is 8.26. The normalized spacial score (nSPS) is 14.5. The standard InChI is InChI=1S/C33H30ClF3N4O2/c1-2-27-32(41-20-25(34)8-14-31(41)38-27)29(42)12-4-21-3-11-28-24(19-21)7-13-30(39-28)40-17-15-23(16-18-40)22-5-9-26(10-6-22)43-33(35,36)37/h3,5-11,13-14,19-20,23H,2,4,12,15-18H2,1H3. The molecule has 0 aliphatic carbocycles. The van der Waals surface area contributed by atoms with Crippen molar-refractivity contribution in [3.05, 3.63) is 100 Å². The molecule has 43 heavy (non-hydrogen) atoms. The largest absolute Gasteiger partial charge is 0.573 e. The van der Waals surface area contributed by atoms with E-state index in [1.165, 1.54) is 12.1 Å². The third-order valence-electron chi connectivity index (χ3n) is 8.04. The van der Waals surface area contributed by atoms with Crippen LogP contribution in [0, 0.1) is 0 Å². The summed E-state index contributed by atoms with van der Waals surface area (Å²) >= 11 is 6.19. The first-order chi connectivity index (χ1) is 20.7. The van der Waals surface area contributed by atoms with Gasteiger partial charge in [0.25, 0.3) is 0 Å². The number of piperidine rings is 1. The number of alkyl halides is 3. The van der Waals surface area contributed by atoms with E-state index in [0.29, 0.717) is 30.0 Å². The van der Waals surface area contributed by atoms with Gasteiger partial charge >= 0.3 is 6.36 Å². The highest BCUT2D eigenvalue weighted by atomic mass is 35.5. The molecule has 5 aromatic rings. The average molecular weight is 607 g/mol. The molecule has 0 amide bonds. The molecule has 6 rings (SSSR count). The van der Waals surface area contributed by atoms with Crippen molar-refractivity contribution in [2.75, 3.05) is 18.0 Å². The topological polar surface area (TPSA) is 59.7 Å². The highest BCUT2D eigenvalue weighted by Crippen LogP contribution is 2.32. The summed E-state index contributed by atoms with van der Waals surface area (Å²) in [5.41, 5.74) is 5.06. The second-order valence-corrected chi connectivity index (χ2v) is 11.3. The molecule has 222 valence electrons. The number of anilines is 1. The van der Waals surface area contributed by atoms with Gasteiger partial charge in [0.15, 0.2) is 5.78 Å². The van der Waals surface area contributed by atoms with Crippen LogP contribution in [0.4, 0.5) is 19.0 Å². The Morgan fingerprint density at radius 2 is 1.77 bits per heavy atom. The first-order valence-corrected chi connectivity index (χ1v) is 14.7. The number of aromatic nitrogens is 3. The van der Waals surface area contributed by atoms with E-state index in [2.05, 4.69) is 26.8 Å². The molecule has 1 aliphatic heterocycles. The lowest BCUT2D eigenvalue weighted by molar-refractivity contribution is -0.274. The maximum Gasteiger partial charge on any atom is 0.573 e. The molecule has 3 aromatic heterocycles. The van der Waals surface area contributed by atoms with Crippen LogP contribution in [0.2, 0.25) is 5.02 Å². The predicted molar refractivity (Wildman–Crippen MR) is 161 cm³/mol. The number of imidazole rings is 1. The fourth-order valence-corrected chi connectivity index (χ4v) is 6.03. The van der Waals surface area contributed by atoms with Crippen molar-refractivity contribution in [1.82, 2.24) is 14.4 Å². The predicted octanol–water partition coefficient (Wildman–Crippen LogP) is 8.20. The fraction of sp³-hybridized carbons (Fsp3) is 0.303. The summed E-state index contributed by atoms with van der Waals surface area (Å²) in [6.07, 6.45) is 0.435. The minimum atomic E-state index is -4.69. The number of pyridine rings is 2. The monoisotopic (exact) mass is 606 g/mol. The maximum absolute atomic E-state index is 13.3. The highest BCUT2D eigenvalue weighted by molar-refractivity contribution is 6.30. The van der Waals surface area contributed by atoms with Gasteiger partial charge in [0.2, 0.25) is 0 Å². The summed E-state index contributed by atoms with van der Waals surface area (Å²) in [6.45, 7) is 3.60. The van der Waals surface area contributed by atoms with Crippen LogP contribution in [0.1, 0.15) is 59.4 Å². The van der Waals surface area contributed by atoms with Gasteiger partial charge in [0, 0.05) is 31.1 Å². The Labute approximate surface area is 252 Å². The van der Waals surface area contributed by atoms with E-state index in [9.17, 15) is 18.0 Å². The molecule has 4 heterocycles. The smallest absolute Gasteiger partial charge is 0.406 e. The van der Waals surface area contributed by atoms with E-state index >= 15 is 0 Å². The lowest BCUT2D eigenvalue weighted by Crippen LogP contribution is -2.33. The Hall–Kier alpha value is -4.11. The summed E-state index contributed by atoms with van der Waals surface area (Å²) in [4.78, 5) is 25.0. The number of rotatable bonds is 8. The van der Waals surface area contributed by atoms with Gasteiger partial charge in [-0.25, -0.2) is 9.97 Å². The Balaban J connectivity index is 1.08. The molecule has 0 unspecified atom stereocenters. The molecule has 1 saturated heterocycles. The van der Waals surface area contributed by atoms with Crippen molar-refractivity contribution in [3.63, 3.8) is 0 Å². The minimum Gasteiger partial charge on any atom is -0.406 e. The van der Waals surface area contributed by atoms with Crippen LogP contribution in [0.5, 0.6) is 5.75 Å². The zero-order valence-electron chi connectivity index (χ0n) is 23.6. The molecule has 2 aromatic carbocycles. The van der Waals surface area contributed by atoms with Crippen LogP contribution in [-0.2, 0) is 12.8 Å². The first-order valence-electron chi connectivity index (χ1n) is 14.4. The molecule has 0 spiro atoms. The third kappa shape index (κ3) is 6.46. The highest BCUT2D eigenvalue weighted by Gasteiger charge is 2.31. The van der Waals surface area contributed by atoms with E-state index < -0.39 is 6.36 Å². The van der Waals surface area contributed by atoms with Crippen LogP contribution >= 0.6 is 11.6 Å². The van der Waals surface area contributed by atoms with E-state index in [0.717, 1.165) is 65.1 Å². The second kappa shape index (κ2) is 11.9. The number of aryl methyl sites for hydroxylation is 2. The number of hydrogen-bond acceptors (Lipinski definition) is 5. The molecular weight excluding hydrogens is 577 g/mol.